The lowest BCUT2D eigenvalue weighted by atomic mass is 10.1. The zero-order chi connectivity index (χ0) is 12.1. The van der Waals surface area contributed by atoms with Crippen LogP contribution in [-0.2, 0) is 11.2 Å². The molecule has 0 radical (unpaired) electrons. The number of carbonyl (C=O) groups is 1. The average Bonchev–Trinajstić information content (AvgIpc) is 2.77. The molecule has 0 saturated heterocycles. The van der Waals surface area contributed by atoms with Crippen molar-refractivity contribution in [1.82, 2.24) is 0 Å². The molecule has 0 spiro atoms. The predicted octanol–water partition coefficient (Wildman–Crippen LogP) is 4.26. The fraction of sp³-hybridized carbons (Fsp3) is 0.400. The summed E-state index contributed by atoms with van der Waals surface area (Å²) in [5, 5.41) is 0.795. The van der Waals surface area contributed by atoms with Gasteiger partial charge in [0.25, 0.3) is 0 Å². The summed E-state index contributed by atoms with van der Waals surface area (Å²) in [6, 6.07) is 10.4. The second kappa shape index (κ2) is 6.02. The Labute approximate surface area is 107 Å². The largest absolute Gasteiger partial charge is 0.295 e. The molecule has 0 heterocycles. The number of rotatable bonds is 4. The standard InChI is InChI=1S/C15H17ClO/c16-14(13-9-5-11-15(13)17)10-4-8-12-6-2-1-3-7-12/h1-3,6-7H,4-5,8-11H2. The van der Waals surface area contributed by atoms with Crippen molar-refractivity contribution in [1.29, 1.82) is 0 Å². The van der Waals surface area contributed by atoms with E-state index in [0.717, 1.165) is 42.7 Å². The van der Waals surface area contributed by atoms with E-state index in [2.05, 4.69) is 24.3 Å². The number of aryl methyl sites for hydroxylation is 1. The Balaban J connectivity index is 1.85. The van der Waals surface area contributed by atoms with Gasteiger partial charge in [-0.3, -0.25) is 4.79 Å². The van der Waals surface area contributed by atoms with Gasteiger partial charge in [0.1, 0.15) is 0 Å². The van der Waals surface area contributed by atoms with Gasteiger partial charge in [-0.1, -0.05) is 41.9 Å². The smallest absolute Gasteiger partial charge is 0.160 e. The maximum Gasteiger partial charge on any atom is 0.160 e. The summed E-state index contributed by atoms with van der Waals surface area (Å²) in [4.78, 5) is 11.5. The zero-order valence-corrected chi connectivity index (χ0v) is 10.7. The van der Waals surface area contributed by atoms with Crippen LogP contribution in [0.15, 0.2) is 40.9 Å². The van der Waals surface area contributed by atoms with Crippen molar-refractivity contribution < 1.29 is 4.79 Å². The van der Waals surface area contributed by atoms with E-state index in [9.17, 15) is 4.79 Å². The first-order chi connectivity index (χ1) is 8.27. The fourth-order valence-corrected chi connectivity index (χ4v) is 2.58. The number of benzene rings is 1. The minimum Gasteiger partial charge on any atom is -0.295 e. The van der Waals surface area contributed by atoms with Crippen LogP contribution in [0, 0.1) is 0 Å². The lowest BCUT2D eigenvalue weighted by Gasteiger charge is -2.03. The Hall–Kier alpha value is -1.08. The molecule has 0 unspecified atom stereocenters. The van der Waals surface area contributed by atoms with E-state index in [1.54, 1.807) is 0 Å². The molecule has 0 aromatic heterocycles. The number of hydrogen-bond acceptors (Lipinski definition) is 1. The highest BCUT2D eigenvalue weighted by Crippen LogP contribution is 2.28. The van der Waals surface area contributed by atoms with Crippen LogP contribution in [-0.4, -0.2) is 5.78 Å². The van der Waals surface area contributed by atoms with Crippen LogP contribution in [0.1, 0.15) is 37.7 Å². The molecule has 1 aliphatic rings. The zero-order valence-electron chi connectivity index (χ0n) is 9.92. The highest BCUT2D eigenvalue weighted by atomic mass is 35.5. The van der Waals surface area contributed by atoms with Crippen molar-refractivity contribution in [2.45, 2.75) is 38.5 Å². The predicted molar refractivity (Wildman–Crippen MR) is 71.1 cm³/mol. The van der Waals surface area contributed by atoms with Gasteiger partial charge < -0.3 is 0 Å². The average molecular weight is 249 g/mol. The molecule has 1 aromatic rings. The first-order valence-corrected chi connectivity index (χ1v) is 6.60. The van der Waals surface area contributed by atoms with E-state index in [1.165, 1.54) is 5.56 Å². The summed E-state index contributed by atoms with van der Waals surface area (Å²) in [5.74, 6) is 0.259. The van der Waals surface area contributed by atoms with Gasteiger partial charge in [0.2, 0.25) is 0 Å². The van der Waals surface area contributed by atoms with Crippen molar-refractivity contribution in [3.8, 4) is 0 Å². The Kier molecular flexibility index (Phi) is 4.38. The summed E-state index contributed by atoms with van der Waals surface area (Å²) in [6.07, 6.45) is 5.41. The molecule has 1 aromatic carbocycles. The summed E-state index contributed by atoms with van der Waals surface area (Å²) < 4.78 is 0. The molecule has 17 heavy (non-hydrogen) atoms. The Bertz CT molecular complexity index is 420. The minimum atomic E-state index is 0.259. The van der Waals surface area contributed by atoms with E-state index >= 15 is 0 Å². The molecule has 2 rings (SSSR count). The number of halogens is 1. The van der Waals surface area contributed by atoms with Gasteiger partial charge in [-0.15, -0.1) is 0 Å². The van der Waals surface area contributed by atoms with Crippen LogP contribution in [0.5, 0.6) is 0 Å². The maximum absolute atomic E-state index is 11.5. The number of carbonyl (C=O) groups excluding carboxylic acids is 1. The molecule has 90 valence electrons. The second-order valence-electron chi connectivity index (χ2n) is 4.50. The third-order valence-corrected chi connectivity index (χ3v) is 3.62. The summed E-state index contributed by atoms with van der Waals surface area (Å²) in [7, 11) is 0. The van der Waals surface area contributed by atoms with Crippen molar-refractivity contribution in [3.05, 3.63) is 46.5 Å². The van der Waals surface area contributed by atoms with Crippen LogP contribution < -0.4 is 0 Å². The fourth-order valence-electron chi connectivity index (χ4n) is 2.25. The Morgan fingerprint density at radius 3 is 2.59 bits per heavy atom. The molecular weight excluding hydrogens is 232 g/mol. The van der Waals surface area contributed by atoms with E-state index in [4.69, 9.17) is 11.6 Å². The molecule has 0 aliphatic heterocycles. The molecule has 2 heteroatoms. The molecular formula is C15H17ClO. The van der Waals surface area contributed by atoms with Crippen LogP contribution in [0.2, 0.25) is 0 Å². The summed E-state index contributed by atoms with van der Waals surface area (Å²) >= 11 is 6.21. The van der Waals surface area contributed by atoms with Crippen LogP contribution >= 0.6 is 11.6 Å². The number of allylic oxidation sites excluding steroid dienone is 2. The lowest BCUT2D eigenvalue weighted by Crippen LogP contribution is -1.95. The second-order valence-corrected chi connectivity index (χ2v) is 4.96. The normalized spacial score (nSPS) is 18.5. The first-order valence-electron chi connectivity index (χ1n) is 6.22. The molecule has 0 N–H and O–H groups in total. The van der Waals surface area contributed by atoms with Gasteiger partial charge in [0, 0.05) is 17.0 Å². The number of hydrogen-bond donors (Lipinski definition) is 0. The van der Waals surface area contributed by atoms with Crippen LogP contribution in [0.25, 0.3) is 0 Å². The van der Waals surface area contributed by atoms with Crippen molar-refractivity contribution in [2.24, 2.45) is 0 Å². The molecule has 1 saturated carbocycles. The third-order valence-electron chi connectivity index (χ3n) is 3.20. The van der Waals surface area contributed by atoms with Gasteiger partial charge in [-0.2, -0.15) is 0 Å². The van der Waals surface area contributed by atoms with Crippen LogP contribution in [0.3, 0.4) is 0 Å². The van der Waals surface area contributed by atoms with Crippen molar-refractivity contribution in [2.75, 3.05) is 0 Å². The van der Waals surface area contributed by atoms with Crippen molar-refractivity contribution in [3.63, 3.8) is 0 Å². The van der Waals surface area contributed by atoms with E-state index in [-0.39, 0.29) is 5.78 Å². The number of ketones is 1. The SMILES string of the molecule is O=C1CCCC1=C(Cl)CCCc1ccccc1. The monoisotopic (exact) mass is 248 g/mol. The molecule has 1 nitrogen and oxygen atoms in total. The molecule has 1 aliphatic carbocycles. The topological polar surface area (TPSA) is 17.1 Å². The number of Topliss-reactive ketones (excluding diaryl/α,β-unsaturated/α-hetero) is 1. The quantitative estimate of drug-likeness (QED) is 0.728. The maximum atomic E-state index is 11.5. The molecule has 0 amide bonds. The van der Waals surface area contributed by atoms with Gasteiger partial charge in [0.05, 0.1) is 0 Å². The lowest BCUT2D eigenvalue weighted by molar-refractivity contribution is -0.114. The first kappa shape index (κ1) is 12.4. The van der Waals surface area contributed by atoms with E-state index in [0.29, 0.717) is 6.42 Å². The molecule has 0 bridgehead atoms. The summed E-state index contributed by atoms with van der Waals surface area (Å²) in [5.41, 5.74) is 2.22. The summed E-state index contributed by atoms with van der Waals surface area (Å²) in [6.45, 7) is 0. The van der Waals surface area contributed by atoms with Gasteiger partial charge in [-0.05, 0) is 37.7 Å². The highest BCUT2D eigenvalue weighted by molar-refractivity contribution is 6.32. The minimum absolute atomic E-state index is 0.259. The van der Waals surface area contributed by atoms with Crippen LogP contribution in [0.4, 0.5) is 0 Å². The third kappa shape index (κ3) is 3.44. The highest BCUT2D eigenvalue weighted by Gasteiger charge is 2.19. The Morgan fingerprint density at radius 1 is 1.18 bits per heavy atom. The van der Waals surface area contributed by atoms with E-state index in [1.807, 2.05) is 6.07 Å². The molecule has 0 atom stereocenters. The van der Waals surface area contributed by atoms with E-state index < -0.39 is 0 Å². The van der Waals surface area contributed by atoms with Gasteiger partial charge >= 0.3 is 0 Å². The van der Waals surface area contributed by atoms with Crippen molar-refractivity contribution >= 4 is 17.4 Å². The van der Waals surface area contributed by atoms with Gasteiger partial charge in [-0.25, -0.2) is 0 Å². The molecule has 1 fully saturated rings. The van der Waals surface area contributed by atoms with Gasteiger partial charge in [0.15, 0.2) is 5.78 Å². The Morgan fingerprint density at radius 2 is 1.94 bits per heavy atom.